The minimum atomic E-state index is -4.79. The van der Waals surface area contributed by atoms with E-state index >= 15 is 0 Å². The molecule has 3 N–H and O–H groups in total. The van der Waals surface area contributed by atoms with Gasteiger partial charge in [-0.2, -0.15) is 13.2 Å². The summed E-state index contributed by atoms with van der Waals surface area (Å²) in [6.45, 7) is 1.30. The van der Waals surface area contributed by atoms with Gasteiger partial charge in [-0.1, -0.05) is 18.2 Å². The number of aliphatic carboxylic acids is 1. The maximum atomic E-state index is 13.3. The van der Waals surface area contributed by atoms with E-state index in [1.165, 1.54) is 13.0 Å². The van der Waals surface area contributed by atoms with Gasteiger partial charge in [-0.25, -0.2) is 14.5 Å². The Morgan fingerprint density at radius 1 is 1.25 bits per heavy atom. The van der Waals surface area contributed by atoms with Crippen LogP contribution >= 0.6 is 12.2 Å². The number of alkyl halides is 3. The number of rotatable bonds is 2. The Balaban J connectivity index is 2.80. The molecule has 1 heterocycles. The number of nitrogens with one attached hydrogen (secondary N) is 1. The first-order chi connectivity index (χ1) is 11.1. The summed E-state index contributed by atoms with van der Waals surface area (Å²) in [5.74, 6) is -1.55. The minimum absolute atomic E-state index is 0.0213. The van der Waals surface area contributed by atoms with E-state index in [4.69, 9.17) is 12.2 Å². The lowest BCUT2D eigenvalue weighted by molar-refractivity contribution is -0.139. The number of carboxylic acids is 1. The summed E-state index contributed by atoms with van der Waals surface area (Å²) in [5, 5.41) is 20.7. The summed E-state index contributed by atoms with van der Waals surface area (Å²) in [7, 11) is 0. The topological polar surface area (TPSA) is 89.9 Å². The van der Waals surface area contributed by atoms with Gasteiger partial charge in [-0.15, -0.1) is 0 Å². The van der Waals surface area contributed by atoms with E-state index in [2.05, 4.69) is 5.32 Å². The molecule has 24 heavy (non-hydrogen) atoms. The highest BCUT2D eigenvalue weighted by Crippen LogP contribution is 2.41. The maximum absolute atomic E-state index is 13.3. The molecule has 0 aromatic heterocycles. The van der Waals surface area contributed by atoms with Gasteiger partial charge >= 0.3 is 18.2 Å². The van der Waals surface area contributed by atoms with Crippen molar-refractivity contribution in [3.63, 3.8) is 0 Å². The van der Waals surface area contributed by atoms with Crippen LogP contribution in [0.2, 0.25) is 0 Å². The molecule has 1 unspecified atom stereocenters. The van der Waals surface area contributed by atoms with Gasteiger partial charge in [0.15, 0.2) is 5.11 Å². The lowest BCUT2D eigenvalue weighted by atomic mass is 9.90. The molecule has 0 saturated heterocycles. The summed E-state index contributed by atoms with van der Waals surface area (Å²) < 4.78 is 39.8. The quantitative estimate of drug-likeness (QED) is 0.703. The molecule has 0 aliphatic carbocycles. The molecule has 10 heteroatoms. The molecule has 0 saturated carbocycles. The molecule has 1 aliphatic heterocycles. The Labute approximate surface area is 139 Å². The largest absolute Gasteiger partial charge is 0.478 e. The fraction of sp³-hybridized carbons (Fsp3) is 0.214. The summed E-state index contributed by atoms with van der Waals surface area (Å²) in [5.41, 5.74) is -2.18. The van der Waals surface area contributed by atoms with Crippen LogP contribution in [-0.4, -0.2) is 32.3 Å². The molecule has 0 spiro atoms. The van der Waals surface area contributed by atoms with E-state index < -0.39 is 46.1 Å². The zero-order valence-corrected chi connectivity index (χ0v) is 12.9. The molecule has 1 atom stereocenters. The average Bonchev–Trinajstić information content (AvgIpc) is 2.44. The van der Waals surface area contributed by atoms with Crippen LogP contribution in [0.4, 0.5) is 18.0 Å². The summed E-state index contributed by atoms with van der Waals surface area (Å²) in [6, 6.07) is 2.48. The van der Waals surface area contributed by atoms with Gasteiger partial charge in [0.25, 0.3) is 0 Å². The van der Waals surface area contributed by atoms with E-state index in [0.717, 1.165) is 18.2 Å². The highest BCUT2D eigenvalue weighted by Gasteiger charge is 2.44. The van der Waals surface area contributed by atoms with Gasteiger partial charge in [0, 0.05) is 5.70 Å². The number of hydrogen-bond acceptors (Lipinski definition) is 3. The molecule has 128 valence electrons. The maximum Gasteiger partial charge on any atom is 0.416 e. The van der Waals surface area contributed by atoms with Crippen LogP contribution in [0.3, 0.4) is 0 Å². The third kappa shape index (κ3) is 3.04. The Morgan fingerprint density at radius 3 is 2.33 bits per heavy atom. The molecular formula is C14H11F3N2O4S. The molecule has 0 fully saturated rings. The SMILES string of the molecule is CC1=C(C(=O)O)C(c2ccccc2C(F)(F)F)N(C(=O)O)C(=S)N1. The molecule has 0 radical (unpaired) electrons. The number of allylic oxidation sites excluding steroid dienone is 1. The highest BCUT2D eigenvalue weighted by molar-refractivity contribution is 7.80. The van der Waals surface area contributed by atoms with Gasteiger partial charge in [-0.05, 0) is 30.8 Å². The monoisotopic (exact) mass is 360 g/mol. The lowest BCUT2D eigenvalue weighted by Crippen LogP contribution is -2.50. The van der Waals surface area contributed by atoms with Crippen molar-refractivity contribution in [2.24, 2.45) is 0 Å². The van der Waals surface area contributed by atoms with E-state index in [9.17, 15) is 33.0 Å². The minimum Gasteiger partial charge on any atom is -0.478 e. The Kier molecular flexibility index (Phi) is 4.52. The van der Waals surface area contributed by atoms with Gasteiger partial charge in [0.1, 0.15) is 6.04 Å². The molecule has 1 aliphatic rings. The second-order valence-electron chi connectivity index (χ2n) is 4.91. The van der Waals surface area contributed by atoms with Crippen LogP contribution in [0.15, 0.2) is 35.5 Å². The Hall–Kier alpha value is -2.62. The number of benzene rings is 1. The second-order valence-corrected chi connectivity index (χ2v) is 5.30. The fourth-order valence-corrected chi connectivity index (χ4v) is 2.84. The molecule has 1 aromatic carbocycles. The third-order valence-electron chi connectivity index (χ3n) is 3.45. The van der Waals surface area contributed by atoms with Crippen molar-refractivity contribution in [1.29, 1.82) is 0 Å². The van der Waals surface area contributed by atoms with Crippen molar-refractivity contribution in [1.82, 2.24) is 10.2 Å². The van der Waals surface area contributed by atoms with Crippen LogP contribution in [0, 0.1) is 0 Å². The van der Waals surface area contributed by atoms with Crippen molar-refractivity contribution in [2.75, 3.05) is 0 Å². The first-order valence-electron chi connectivity index (χ1n) is 6.49. The Morgan fingerprint density at radius 2 is 1.83 bits per heavy atom. The Bertz CT molecular complexity index is 761. The highest BCUT2D eigenvalue weighted by atomic mass is 32.1. The van der Waals surface area contributed by atoms with Gasteiger partial charge < -0.3 is 15.5 Å². The van der Waals surface area contributed by atoms with Crippen molar-refractivity contribution < 1.29 is 33.0 Å². The van der Waals surface area contributed by atoms with Crippen LogP contribution < -0.4 is 5.32 Å². The predicted octanol–water partition coefficient (Wildman–Crippen LogP) is 2.97. The van der Waals surface area contributed by atoms with Gasteiger partial charge in [-0.3, -0.25) is 0 Å². The van der Waals surface area contributed by atoms with Gasteiger partial charge in [0.2, 0.25) is 0 Å². The number of halogens is 3. The predicted molar refractivity (Wildman–Crippen MR) is 80.1 cm³/mol. The normalized spacial score (nSPS) is 18.4. The van der Waals surface area contributed by atoms with Crippen molar-refractivity contribution >= 4 is 29.4 Å². The summed E-state index contributed by atoms with van der Waals surface area (Å²) >= 11 is 4.86. The summed E-state index contributed by atoms with van der Waals surface area (Å²) in [6.07, 6.45) is -6.45. The van der Waals surface area contributed by atoms with Crippen molar-refractivity contribution in [3.8, 4) is 0 Å². The summed E-state index contributed by atoms with van der Waals surface area (Å²) in [4.78, 5) is 23.4. The van der Waals surface area contributed by atoms with Crippen molar-refractivity contribution in [3.05, 3.63) is 46.7 Å². The van der Waals surface area contributed by atoms with E-state index in [0.29, 0.717) is 4.90 Å². The van der Waals surface area contributed by atoms with Crippen LogP contribution in [0.25, 0.3) is 0 Å². The molecular weight excluding hydrogens is 349 g/mol. The first-order valence-corrected chi connectivity index (χ1v) is 6.89. The molecule has 1 amide bonds. The zero-order chi connectivity index (χ0) is 18.2. The van der Waals surface area contributed by atoms with Crippen LogP contribution in [0.1, 0.15) is 24.1 Å². The standard InChI is InChI=1S/C14H11F3N2O4S/c1-6-9(11(20)21)10(19(13(22)23)12(24)18-6)7-4-2-3-5-8(7)14(15,16)17/h2-5,10H,1H3,(H,18,24)(H,20,21)(H,22,23). The van der Waals surface area contributed by atoms with Crippen LogP contribution in [0.5, 0.6) is 0 Å². The van der Waals surface area contributed by atoms with Gasteiger partial charge in [0.05, 0.1) is 11.1 Å². The first kappa shape index (κ1) is 17.7. The molecule has 2 rings (SSSR count). The number of hydrogen-bond donors (Lipinski definition) is 3. The van der Waals surface area contributed by atoms with E-state index in [1.807, 2.05) is 0 Å². The number of thiocarbonyl (C=S) groups is 1. The number of nitrogens with zero attached hydrogens (tertiary/aromatic N) is 1. The van der Waals surface area contributed by atoms with Crippen molar-refractivity contribution in [2.45, 2.75) is 19.1 Å². The number of amides is 1. The molecule has 1 aromatic rings. The zero-order valence-electron chi connectivity index (χ0n) is 12.1. The third-order valence-corrected chi connectivity index (χ3v) is 3.74. The fourth-order valence-electron chi connectivity index (χ4n) is 2.50. The average molecular weight is 360 g/mol. The second kappa shape index (κ2) is 6.11. The smallest absolute Gasteiger partial charge is 0.416 e. The number of carboxylic acid groups (broad SMARTS) is 2. The van der Waals surface area contributed by atoms with E-state index in [-0.39, 0.29) is 5.70 Å². The molecule has 0 bridgehead atoms. The molecule has 6 nitrogen and oxygen atoms in total. The lowest BCUT2D eigenvalue weighted by Gasteiger charge is -2.36. The number of carbonyl (C=O) groups is 2. The van der Waals surface area contributed by atoms with E-state index in [1.54, 1.807) is 0 Å². The van der Waals surface area contributed by atoms with Crippen LogP contribution in [-0.2, 0) is 11.0 Å².